The molecule has 128 valence electrons. The van der Waals surface area contributed by atoms with Crippen LogP contribution in [0.15, 0.2) is 29.2 Å². The standard InChI is InChI=1S/C14H17F3N2O3S/c15-14(16,17)10-1-3-13(4-2-10)23(21,22)19-6-5-18-9-12(20)7-11(18)8-19/h1-4,11-12,20H,5-9H2/t11-,12+/m1/s1. The van der Waals surface area contributed by atoms with Crippen molar-refractivity contribution >= 4 is 10.0 Å². The smallest absolute Gasteiger partial charge is 0.392 e. The fourth-order valence-corrected chi connectivity index (χ4v) is 4.64. The molecule has 23 heavy (non-hydrogen) atoms. The molecule has 1 aromatic carbocycles. The van der Waals surface area contributed by atoms with Crippen molar-refractivity contribution in [2.24, 2.45) is 0 Å². The zero-order valence-electron chi connectivity index (χ0n) is 12.2. The summed E-state index contributed by atoms with van der Waals surface area (Å²) in [6.07, 6.45) is -4.43. The van der Waals surface area contributed by atoms with Gasteiger partial charge in [-0.05, 0) is 30.7 Å². The number of benzene rings is 1. The molecular formula is C14H17F3N2O3S. The topological polar surface area (TPSA) is 60.9 Å². The molecule has 0 radical (unpaired) electrons. The molecule has 9 heteroatoms. The van der Waals surface area contributed by atoms with Gasteiger partial charge in [0, 0.05) is 32.2 Å². The lowest BCUT2D eigenvalue weighted by atomic mass is 10.2. The molecule has 1 N–H and O–H groups in total. The number of hydrogen-bond donors (Lipinski definition) is 1. The molecule has 1 aromatic rings. The molecule has 0 saturated carbocycles. The van der Waals surface area contributed by atoms with Gasteiger partial charge in [-0.3, -0.25) is 4.90 Å². The molecule has 0 bridgehead atoms. The van der Waals surface area contributed by atoms with E-state index in [1.807, 2.05) is 4.90 Å². The largest absolute Gasteiger partial charge is 0.416 e. The van der Waals surface area contributed by atoms with Crippen LogP contribution in [0, 0.1) is 0 Å². The Hall–Kier alpha value is -1.16. The Bertz CT molecular complexity index is 676. The van der Waals surface area contributed by atoms with E-state index in [1.54, 1.807) is 0 Å². The van der Waals surface area contributed by atoms with E-state index in [4.69, 9.17) is 0 Å². The number of piperazine rings is 1. The number of hydrogen-bond acceptors (Lipinski definition) is 4. The summed E-state index contributed by atoms with van der Waals surface area (Å²) in [5.41, 5.74) is -0.875. The lowest BCUT2D eigenvalue weighted by Crippen LogP contribution is -2.51. The highest BCUT2D eigenvalue weighted by molar-refractivity contribution is 7.89. The molecular weight excluding hydrogens is 333 g/mol. The zero-order chi connectivity index (χ0) is 16.8. The number of rotatable bonds is 2. The van der Waals surface area contributed by atoms with Gasteiger partial charge in [-0.2, -0.15) is 17.5 Å². The van der Waals surface area contributed by atoms with Crippen molar-refractivity contribution in [3.8, 4) is 0 Å². The Morgan fingerprint density at radius 2 is 1.74 bits per heavy atom. The average molecular weight is 350 g/mol. The lowest BCUT2D eigenvalue weighted by molar-refractivity contribution is -0.137. The third kappa shape index (κ3) is 3.23. The normalized spacial score (nSPS) is 27.1. The van der Waals surface area contributed by atoms with Gasteiger partial charge < -0.3 is 5.11 Å². The SMILES string of the molecule is O=S(=O)(c1ccc(C(F)(F)F)cc1)N1CCN2C[C@@H](O)C[C@@H]2C1. The second-order valence-electron chi connectivity index (χ2n) is 5.92. The van der Waals surface area contributed by atoms with Crippen LogP contribution in [-0.4, -0.2) is 61.1 Å². The van der Waals surface area contributed by atoms with Gasteiger partial charge in [0.25, 0.3) is 0 Å². The van der Waals surface area contributed by atoms with Gasteiger partial charge in [0.1, 0.15) is 0 Å². The molecule has 3 rings (SSSR count). The van der Waals surface area contributed by atoms with Crippen LogP contribution in [0.5, 0.6) is 0 Å². The Labute approximate surface area is 132 Å². The summed E-state index contributed by atoms with van der Waals surface area (Å²) in [4.78, 5) is 1.90. The van der Waals surface area contributed by atoms with Gasteiger partial charge in [-0.25, -0.2) is 8.42 Å². The Balaban J connectivity index is 1.79. The lowest BCUT2D eigenvalue weighted by Gasteiger charge is -2.36. The summed E-state index contributed by atoms with van der Waals surface area (Å²) in [6, 6.07) is 3.51. The molecule has 2 saturated heterocycles. The van der Waals surface area contributed by atoms with E-state index in [-0.39, 0.29) is 24.0 Å². The van der Waals surface area contributed by atoms with Crippen LogP contribution in [0.2, 0.25) is 0 Å². The van der Waals surface area contributed by atoms with Crippen molar-refractivity contribution in [1.82, 2.24) is 9.21 Å². The fraction of sp³-hybridized carbons (Fsp3) is 0.571. The molecule has 0 spiro atoms. The number of alkyl halides is 3. The maximum atomic E-state index is 12.6. The van der Waals surface area contributed by atoms with E-state index in [2.05, 4.69) is 0 Å². The van der Waals surface area contributed by atoms with Crippen molar-refractivity contribution < 1.29 is 26.7 Å². The summed E-state index contributed by atoms with van der Waals surface area (Å²) in [5.74, 6) is 0. The van der Waals surface area contributed by atoms with E-state index in [1.165, 1.54) is 4.31 Å². The summed E-state index contributed by atoms with van der Waals surface area (Å²) < 4.78 is 64.1. The predicted octanol–water partition coefficient (Wildman–Crippen LogP) is 1.14. The summed E-state index contributed by atoms with van der Waals surface area (Å²) in [6.45, 7) is 1.58. The fourth-order valence-electron chi connectivity index (χ4n) is 3.17. The third-order valence-electron chi connectivity index (χ3n) is 4.38. The number of fused-ring (bicyclic) bond motifs is 1. The molecule has 2 aliphatic rings. The quantitative estimate of drug-likeness (QED) is 0.869. The molecule has 0 amide bonds. The monoisotopic (exact) mass is 350 g/mol. The van der Waals surface area contributed by atoms with Gasteiger partial charge in [0.15, 0.2) is 0 Å². The van der Waals surface area contributed by atoms with Crippen LogP contribution in [0.1, 0.15) is 12.0 Å². The van der Waals surface area contributed by atoms with Crippen LogP contribution in [0.3, 0.4) is 0 Å². The Morgan fingerprint density at radius 1 is 1.09 bits per heavy atom. The maximum Gasteiger partial charge on any atom is 0.416 e. The average Bonchev–Trinajstić information content (AvgIpc) is 2.85. The van der Waals surface area contributed by atoms with Crippen molar-refractivity contribution in [3.05, 3.63) is 29.8 Å². The molecule has 2 atom stereocenters. The van der Waals surface area contributed by atoms with E-state index < -0.39 is 27.9 Å². The van der Waals surface area contributed by atoms with E-state index in [0.717, 1.165) is 24.3 Å². The molecule has 2 aliphatic heterocycles. The zero-order valence-corrected chi connectivity index (χ0v) is 13.0. The Kier molecular flexibility index (Phi) is 4.16. The van der Waals surface area contributed by atoms with Crippen molar-refractivity contribution in [3.63, 3.8) is 0 Å². The number of aliphatic hydroxyl groups is 1. The Morgan fingerprint density at radius 3 is 2.35 bits per heavy atom. The summed E-state index contributed by atoms with van der Waals surface area (Å²) in [7, 11) is -3.82. The minimum atomic E-state index is -4.49. The summed E-state index contributed by atoms with van der Waals surface area (Å²) >= 11 is 0. The molecule has 0 aromatic heterocycles. The summed E-state index contributed by atoms with van der Waals surface area (Å²) in [5, 5.41) is 9.66. The number of halogens is 3. The van der Waals surface area contributed by atoms with Gasteiger partial charge in [0.2, 0.25) is 10.0 Å². The minimum Gasteiger partial charge on any atom is -0.392 e. The first-order valence-corrected chi connectivity index (χ1v) is 8.71. The molecule has 2 heterocycles. The van der Waals surface area contributed by atoms with Crippen LogP contribution in [0.25, 0.3) is 0 Å². The van der Waals surface area contributed by atoms with E-state index in [9.17, 15) is 26.7 Å². The number of aliphatic hydroxyl groups excluding tert-OH is 1. The molecule has 0 aliphatic carbocycles. The minimum absolute atomic E-state index is 0.0389. The van der Waals surface area contributed by atoms with Crippen LogP contribution in [-0.2, 0) is 16.2 Å². The van der Waals surface area contributed by atoms with Crippen LogP contribution < -0.4 is 0 Å². The number of sulfonamides is 1. The molecule has 2 fully saturated rings. The highest BCUT2D eigenvalue weighted by Crippen LogP contribution is 2.31. The number of nitrogens with zero attached hydrogens (tertiary/aromatic N) is 2. The maximum absolute atomic E-state index is 12.6. The van der Waals surface area contributed by atoms with Crippen molar-refractivity contribution in [2.75, 3.05) is 26.2 Å². The second-order valence-corrected chi connectivity index (χ2v) is 7.86. The third-order valence-corrected chi connectivity index (χ3v) is 6.26. The van der Waals surface area contributed by atoms with Crippen LogP contribution in [0.4, 0.5) is 13.2 Å². The van der Waals surface area contributed by atoms with Gasteiger partial charge in [0.05, 0.1) is 16.6 Å². The second kappa shape index (κ2) is 5.73. The van der Waals surface area contributed by atoms with Crippen molar-refractivity contribution in [2.45, 2.75) is 29.6 Å². The van der Waals surface area contributed by atoms with Gasteiger partial charge in [-0.1, -0.05) is 0 Å². The van der Waals surface area contributed by atoms with Crippen LogP contribution >= 0.6 is 0 Å². The van der Waals surface area contributed by atoms with E-state index in [0.29, 0.717) is 19.5 Å². The van der Waals surface area contributed by atoms with E-state index >= 15 is 0 Å². The highest BCUT2D eigenvalue weighted by atomic mass is 32.2. The van der Waals surface area contributed by atoms with Crippen molar-refractivity contribution in [1.29, 1.82) is 0 Å². The first kappa shape index (κ1) is 16.7. The first-order valence-electron chi connectivity index (χ1n) is 7.27. The van der Waals surface area contributed by atoms with Gasteiger partial charge >= 0.3 is 6.18 Å². The first-order chi connectivity index (χ1) is 10.7. The molecule has 0 unspecified atom stereocenters. The van der Waals surface area contributed by atoms with Gasteiger partial charge in [-0.15, -0.1) is 0 Å². The highest BCUT2D eigenvalue weighted by Gasteiger charge is 2.39. The predicted molar refractivity (Wildman–Crippen MR) is 76.2 cm³/mol. The molecule has 5 nitrogen and oxygen atoms in total.